The first-order valence-electron chi connectivity index (χ1n) is 5.17. The van der Waals surface area contributed by atoms with Crippen molar-refractivity contribution in [1.29, 1.82) is 0 Å². The van der Waals surface area contributed by atoms with Crippen LogP contribution in [0.1, 0.15) is 9.94 Å². The van der Waals surface area contributed by atoms with Gasteiger partial charge in [0.1, 0.15) is 5.82 Å². The van der Waals surface area contributed by atoms with Crippen molar-refractivity contribution in [2.24, 2.45) is 0 Å². The largest absolute Gasteiger partial charge is 0.241 e. The van der Waals surface area contributed by atoms with E-state index in [0.29, 0.717) is 11.4 Å². The van der Waals surface area contributed by atoms with Crippen molar-refractivity contribution < 1.29 is 4.11 Å². The third kappa shape index (κ3) is 1.66. The zero-order valence-electron chi connectivity index (χ0n) is 9.68. The summed E-state index contributed by atoms with van der Waals surface area (Å²) in [5.74, 6) is 0.298. The summed E-state index contributed by atoms with van der Waals surface area (Å²) in [5, 5.41) is 0. The van der Waals surface area contributed by atoms with Gasteiger partial charge in [-0.3, -0.25) is 0 Å². The fourth-order valence-corrected chi connectivity index (χ4v) is 0.892. The van der Waals surface area contributed by atoms with E-state index in [1.807, 2.05) is 0 Å². The molecule has 13 heavy (non-hydrogen) atoms. The molecule has 2 rings (SSSR count). The van der Waals surface area contributed by atoms with Gasteiger partial charge in [-0.1, -0.05) is 0 Å². The Morgan fingerprint density at radius 2 is 1.77 bits per heavy atom. The van der Waals surface area contributed by atoms with Gasteiger partial charge in [-0.05, 0) is 12.9 Å². The molecule has 0 amide bonds. The third-order valence-corrected chi connectivity index (χ3v) is 1.48. The first-order valence-corrected chi connectivity index (χ1v) is 3.67. The lowest BCUT2D eigenvalue weighted by Gasteiger charge is -1.97. The maximum atomic E-state index is 7.13. The average Bonchev–Trinajstić information content (AvgIpc) is 2.29. The first-order chi connectivity index (χ1) is 7.57. The fraction of sp³-hybridized carbons (Fsp3) is 0.111. The molecular weight excluding hydrogens is 164 g/mol. The number of aromatic nitrogens is 4. The molecule has 2 aromatic heterocycles. The van der Waals surface area contributed by atoms with Crippen LogP contribution in [-0.2, 0) is 0 Å². The molecule has 0 fully saturated rings. The quantitative estimate of drug-likeness (QED) is 0.654. The lowest BCUT2D eigenvalue weighted by atomic mass is 10.3. The van der Waals surface area contributed by atoms with Gasteiger partial charge in [-0.2, -0.15) is 0 Å². The van der Waals surface area contributed by atoms with Gasteiger partial charge in [-0.15, -0.1) is 0 Å². The van der Waals surface area contributed by atoms with E-state index in [4.69, 9.17) is 4.11 Å². The molecule has 4 nitrogen and oxygen atoms in total. The van der Waals surface area contributed by atoms with E-state index in [-0.39, 0.29) is 5.82 Å². The predicted octanol–water partition coefficient (Wildman–Crippen LogP) is 1.24. The number of nitrogens with zero attached hydrogens (tertiary/aromatic N) is 4. The molecule has 0 aliphatic heterocycles. The molecule has 0 atom stereocenters. The normalized spacial score (nSPS) is 14.3. The van der Waals surface area contributed by atoms with Crippen LogP contribution in [0.3, 0.4) is 0 Å². The van der Waals surface area contributed by atoms with Crippen molar-refractivity contribution in [2.75, 3.05) is 0 Å². The first kappa shape index (κ1) is 5.01. The molecule has 2 aromatic rings. The summed E-state index contributed by atoms with van der Waals surface area (Å²) >= 11 is 0. The van der Waals surface area contributed by atoms with Crippen LogP contribution in [0.2, 0.25) is 0 Å². The van der Waals surface area contributed by atoms with Gasteiger partial charge in [0.25, 0.3) is 0 Å². The summed E-state index contributed by atoms with van der Waals surface area (Å²) in [6.07, 6.45) is 6.01. The molecule has 0 N–H and O–H groups in total. The minimum Gasteiger partial charge on any atom is -0.241 e. The molecule has 0 bridgehead atoms. The van der Waals surface area contributed by atoms with Gasteiger partial charge in [0.15, 0.2) is 5.82 Å². The summed E-state index contributed by atoms with van der Waals surface area (Å²) in [7, 11) is 0. The van der Waals surface area contributed by atoms with Crippen molar-refractivity contribution in [3.63, 3.8) is 0 Å². The maximum absolute atomic E-state index is 7.13. The number of aryl methyl sites for hydroxylation is 1. The molecule has 0 unspecified atom stereocenters. The van der Waals surface area contributed by atoms with E-state index in [1.165, 1.54) is 12.4 Å². The van der Waals surface area contributed by atoms with Crippen LogP contribution in [0.5, 0.6) is 0 Å². The molecule has 0 spiro atoms. The Morgan fingerprint density at radius 3 is 2.38 bits per heavy atom. The standard InChI is InChI=1S/C9H8N4/c1-7-12-5-8(6-13-7)9-10-3-2-4-11-9/h2-6H,1H3/i1D3. The smallest absolute Gasteiger partial charge is 0.162 e. The van der Waals surface area contributed by atoms with Crippen LogP contribution in [-0.4, -0.2) is 19.9 Å². The van der Waals surface area contributed by atoms with Gasteiger partial charge in [0.2, 0.25) is 0 Å². The highest BCUT2D eigenvalue weighted by Gasteiger charge is 1.99. The van der Waals surface area contributed by atoms with E-state index >= 15 is 0 Å². The molecule has 0 saturated carbocycles. The summed E-state index contributed by atoms with van der Waals surface area (Å²) in [6, 6.07) is 1.70. The van der Waals surface area contributed by atoms with Crippen molar-refractivity contribution in [1.82, 2.24) is 19.9 Å². The van der Waals surface area contributed by atoms with Crippen molar-refractivity contribution in [3.8, 4) is 11.4 Å². The molecule has 4 heteroatoms. The van der Waals surface area contributed by atoms with E-state index in [0.717, 1.165) is 0 Å². The minimum atomic E-state index is -2.28. The van der Waals surface area contributed by atoms with E-state index < -0.39 is 6.85 Å². The van der Waals surface area contributed by atoms with E-state index in [2.05, 4.69) is 19.9 Å². The Morgan fingerprint density at radius 1 is 1.08 bits per heavy atom. The highest BCUT2D eigenvalue weighted by Crippen LogP contribution is 2.09. The molecule has 64 valence electrons. The zero-order chi connectivity index (χ0) is 11.6. The van der Waals surface area contributed by atoms with Crippen LogP contribution in [0.15, 0.2) is 30.9 Å². The number of hydrogen-bond acceptors (Lipinski definition) is 4. The molecule has 0 aliphatic rings. The van der Waals surface area contributed by atoms with Crippen LogP contribution < -0.4 is 0 Å². The van der Waals surface area contributed by atoms with E-state index in [9.17, 15) is 0 Å². The fourth-order valence-electron chi connectivity index (χ4n) is 0.892. The Hall–Kier alpha value is -1.84. The van der Waals surface area contributed by atoms with Crippen molar-refractivity contribution in [2.45, 2.75) is 6.85 Å². The van der Waals surface area contributed by atoms with Gasteiger partial charge in [0, 0.05) is 28.9 Å². The van der Waals surface area contributed by atoms with Crippen molar-refractivity contribution in [3.05, 3.63) is 36.7 Å². The third-order valence-electron chi connectivity index (χ3n) is 1.48. The van der Waals surface area contributed by atoms with Crippen molar-refractivity contribution >= 4 is 0 Å². The average molecular weight is 175 g/mol. The summed E-state index contributed by atoms with van der Waals surface area (Å²) in [4.78, 5) is 15.6. The second-order valence-corrected chi connectivity index (χ2v) is 2.37. The maximum Gasteiger partial charge on any atom is 0.162 e. The van der Waals surface area contributed by atoms with Crippen LogP contribution in [0, 0.1) is 6.85 Å². The van der Waals surface area contributed by atoms with Gasteiger partial charge in [0.05, 0.1) is 5.56 Å². The molecule has 2 heterocycles. The second kappa shape index (κ2) is 3.26. The monoisotopic (exact) mass is 175 g/mol. The Kier molecular flexibility index (Phi) is 1.26. The summed E-state index contributed by atoms with van der Waals surface area (Å²) in [6.45, 7) is -2.28. The Balaban J connectivity index is 2.34. The number of rotatable bonds is 1. The van der Waals surface area contributed by atoms with Gasteiger partial charge in [-0.25, -0.2) is 19.9 Å². The topological polar surface area (TPSA) is 51.6 Å². The number of hydrogen-bond donors (Lipinski definition) is 0. The molecule has 0 saturated heterocycles. The Labute approximate surface area is 79.9 Å². The minimum absolute atomic E-state index is 0.174. The van der Waals surface area contributed by atoms with Crippen LogP contribution in [0.4, 0.5) is 0 Å². The molecule has 0 aliphatic carbocycles. The summed E-state index contributed by atoms with van der Waals surface area (Å²) < 4.78 is 21.4. The van der Waals surface area contributed by atoms with Gasteiger partial charge < -0.3 is 0 Å². The van der Waals surface area contributed by atoms with E-state index in [1.54, 1.807) is 18.5 Å². The van der Waals surface area contributed by atoms with Gasteiger partial charge >= 0.3 is 0 Å². The summed E-state index contributed by atoms with van der Waals surface area (Å²) in [5.41, 5.74) is 0.591. The second-order valence-electron chi connectivity index (χ2n) is 2.37. The molecular formula is C9H8N4. The lowest BCUT2D eigenvalue weighted by Crippen LogP contribution is -1.91. The predicted molar refractivity (Wildman–Crippen MR) is 47.8 cm³/mol. The zero-order valence-corrected chi connectivity index (χ0v) is 6.68. The highest BCUT2D eigenvalue weighted by molar-refractivity contribution is 5.50. The highest BCUT2D eigenvalue weighted by atomic mass is 14.9. The Bertz CT molecular complexity index is 466. The van der Waals surface area contributed by atoms with Crippen LogP contribution in [0.25, 0.3) is 11.4 Å². The SMILES string of the molecule is [2H]C([2H])([2H])c1ncc(-c2ncccn2)cn1. The lowest BCUT2D eigenvalue weighted by molar-refractivity contribution is 1.04. The van der Waals surface area contributed by atoms with Crippen LogP contribution >= 0.6 is 0 Å². The molecule has 0 radical (unpaired) electrons. The molecule has 0 aromatic carbocycles.